The molecule has 2 aromatic rings. The summed E-state index contributed by atoms with van der Waals surface area (Å²) in [4.78, 5) is 12.0. The summed E-state index contributed by atoms with van der Waals surface area (Å²) in [7, 11) is 1.46. The highest BCUT2D eigenvalue weighted by Crippen LogP contribution is 2.25. The van der Waals surface area contributed by atoms with Crippen LogP contribution in [0.5, 0.6) is 0 Å². The molecule has 2 rings (SSSR count). The van der Waals surface area contributed by atoms with Crippen molar-refractivity contribution in [1.29, 1.82) is 0 Å². The number of rotatable bonds is 5. The fraction of sp³-hybridized carbons (Fsp3) is 0.357. The van der Waals surface area contributed by atoms with Gasteiger partial charge in [-0.05, 0) is 25.1 Å². The number of fused-ring (bicyclic) bond motifs is 1. The van der Waals surface area contributed by atoms with E-state index in [0.717, 1.165) is 0 Å². The number of methoxy groups -OCH3 is 1. The second-order valence-electron chi connectivity index (χ2n) is 4.52. The lowest BCUT2D eigenvalue weighted by Crippen LogP contribution is -2.34. The molecule has 0 aliphatic carbocycles. The molecule has 1 heterocycles. The van der Waals surface area contributed by atoms with Gasteiger partial charge in [-0.3, -0.25) is 4.79 Å². The van der Waals surface area contributed by atoms with E-state index in [2.05, 4.69) is 5.32 Å². The van der Waals surface area contributed by atoms with Crippen molar-refractivity contribution in [2.75, 3.05) is 20.3 Å². The van der Waals surface area contributed by atoms with Crippen LogP contribution in [0.25, 0.3) is 11.0 Å². The summed E-state index contributed by atoms with van der Waals surface area (Å²) in [5.74, 6) is -0.714. The molecule has 20 heavy (non-hydrogen) atoms. The molecule has 0 bridgehead atoms. The van der Waals surface area contributed by atoms with Gasteiger partial charge in [-0.15, -0.1) is 0 Å². The number of hydrogen-bond donors (Lipinski definition) is 2. The summed E-state index contributed by atoms with van der Waals surface area (Å²) in [6.07, 6.45) is -0.786. The van der Waals surface area contributed by atoms with Crippen LogP contribution in [0, 0.1) is 12.7 Å². The van der Waals surface area contributed by atoms with Crippen LogP contribution < -0.4 is 5.32 Å². The highest BCUT2D eigenvalue weighted by molar-refractivity contribution is 5.98. The van der Waals surface area contributed by atoms with Crippen molar-refractivity contribution in [3.8, 4) is 0 Å². The number of halogens is 1. The van der Waals surface area contributed by atoms with E-state index in [1.165, 1.54) is 25.3 Å². The van der Waals surface area contributed by atoms with E-state index in [-0.39, 0.29) is 24.7 Å². The maximum Gasteiger partial charge on any atom is 0.287 e. The van der Waals surface area contributed by atoms with Gasteiger partial charge in [0.15, 0.2) is 5.76 Å². The third kappa shape index (κ3) is 2.97. The van der Waals surface area contributed by atoms with Crippen LogP contribution in [0.15, 0.2) is 22.6 Å². The van der Waals surface area contributed by atoms with Gasteiger partial charge in [0, 0.05) is 24.6 Å². The molecular formula is C14H16FNO4. The number of aryl methyl sites for hydroxylation is 1. The smallest absolute Gasteiger partial charge is 0.287 e. The third-order valence-electron chi connectivity index (χ3n) is 2.96. The van der Waals surface area contributed by atoms with E-state index in [1.807, 2.05) is 0 Å². The maximum atomic E-state index is 13.2. The fourth-order valence-electron chi connectivity index (χ4n) is 1.95. The highest BCUT2D eigenvalue weighted by Gasteiger charge is 2.18. The Morgan fingerprint density at radius 1 is 1.55 bits per heavy atom. The molecule has 6 heteroatoms. The van der Waals surface area contributed by atoms with Gasteiger partial charge in [0.05, 0.1) is 12.7 Å². The van der Waals surface area contributed by atoms with Gasteiger partial charge in [0.25, 0.3) is 5.91 Å². The molecule has 0 fully saturated rings. The number of carbonyl (C=O) groups excluding carboxylic acids is 1. The number of hydrogen-bond acceptors (Lipinski definition) is 4. The zero-order valence-corrected chi connectivity index (χ0v) is 11.3. The molecule has 1 amide bonds. The molecule has 108 valence electrons. The number of amides is 1. The Kier molecular flexibility index (Phi) is 4.36. The number of aliphatic hydroxyl groups excluding tert-OH is 1. The van der Waals surface area contributed by atoms with Crippen molar-refractivity contribution in [3.05, 3.63) is 35.3 Å². The van der Waals surface area contributed by atoms with Crippen molar-refractivity contribution in [1.82, 2.24) is 5.32 Å². The minimum Gasteiger partial charge on any atom is -0.451 e. The molecule has 1 atom stereocenters. The normalized spacial score (nSPS) is 12.6. The van der Waals surface area contributed by atoms with Crippen molar-refractivity contribution in [2.45, 2.75) is 13.0 Å². The monoisotopic (exact) mass is 281 g/mol. The first-order chi connectivity index (χ1) is 9.52. The molecule has 1 aromatic carbocycles. The molecular weight excluding hydrogens is 265 g/mol. The highest BCUT2D eigenvalue weighted by atomic mass is 19.1. The summed E-state index contributed by atoms with van der Waals surface area (Å²) in [6.45, 7) is 1.87. The first-order valence-corrected chi connectivity index (χ1v) is 6.16. The Labute approximate surface area is 115 Å². The Morgan fingerprint density at radius 3 is 3.00 bits per heavy atom. The number of ether oxygens (including phenoxy) is 1. The fourth-order valence-corrected chi connectivity index (χ4v) is 1.95. The van der Waals surface area contributed by atoms with E-state index in [1.54, 1.807) is 6.92 Å². The molecule has 1 aromatic heterocycles. The van der Waals surface area contributed by atoms with Gasteiger partial charge in [-0.25, -0.2) is 4.39 Å². The van der Waals surface area contributed by atoms with E-state index in [4.69, 9.17) is 9.15 Å². The summed E-state index contributed by atoms with van der Waals surface area (Å²) in [5, 5.41) is 12.6. The van der Waals surface area contributed by atoms with E-state index >= 15 is 0 Å². The largest absolute Gasteiger partial charge is 0.451 e. The third-order valence-corrected chi connectivity index (χ3v) is 2.96. The molecule has 0 spiro atoms. The van der Waals surface area contributed by atoms with Crippen LogP contribution in [0.4, 0.5) is 4.39 Å². The zero-order chi connectivity index (χ0) is 14.7. The lowest BCUT2D eigenvalue weighted by atomic mass is 10.1. The number of aliphatic hydroxyl groups is 1. The van der Waals surface area contributed by atoms with Gasteiger partial charge in [-0.1, -0.05) is 0 Å². The topological polar surface area (TPSA) is 71.7 Å². The molecule has 2 N–H and O–H groups in total. The molecule has 0 aliphatic rings. The SMILES string of the molecule is COCC(O)CNC(=O)c1oc2ccc(F)cc2c1C. The molecule has 5 nitrogen and oxygen atoms in total. The number of benzene rings is 1. The molecule has 0 radical (unpaired) electrons. The van der Waals surface area contributed by atoms with Crippen molar-refractivity contribution >= 4 is 16.9 Å². The van der Waals surface area contributed by atoms with Crippen molar-refractivity contribution < 1.29 is 23.4 Å². The Hall–Kier alpha value is -1.92. The zero-order valence-electron chi connectivity index (χ0n) is 11.3. The predicted molar refractivity (Wildman–Crippen MR) is 71.1 cm³/mol. The van der Waals surface area contributed by atoms with E-state index in [0.29, 0.717) is 16.5 Å². The average Bonchev–Trinajstić information content (AvgIpc) is 2.74. The van der Waals surface area contributed by atoms with Crippen LogP contribution in [0.3, 0.4) is 0 Å². The standard InChI is InChI=1S/C14H16FNO4/c1-8-11-5-9(15)3-4-12(11)20-13(8)14(18)16-6-10(17)7-19-2/h3-5,10,17H,6-7H2,1-2H3,(H,16,18). The van der Waals surface area contributed by atoms with Gasteiger partial charge in [0.2, 0.25) is 0 Å². The summed E-state index contributed by atoms with van der Waals surface area (Å²) >= 11 is 0. The van der Waals surface area contributed by atoms with Crippen LogP contribution >= 0.6 is 0 Å². The lowest BCUT2D eigenvalue weighted by molar-refractivity contribution is 0.0603. The Balaban J connectivity index is 2.16. The predicted octanol–water partition coefficient (Wildman–Crippen LogP) is 1.62. The van der Waals surface area contributed by atoms with Crippen LogP contribution in [-0.4, -0.2) is 37.4 Å². The summed E-state index contributed by atoms with van der Waals surface area (Å²) < 4.78 is 23.4. The van der Waals surface area contributed by atoms with E-state index in [9.17, 15) is 14.3 Å². The van der Waals surface area contributed by atoms with Crippen LogP contribution in [-0.2, 0) is 4.74 Å². The number of carbonyl (C=O) groups is 1. The maximum absolute atomic E-state index is 13.2. The van der Waals surface area contributed by atoms with Gasteiger partial charge < -0.3 is 19.6 Å². The summed E-state index contributed by atoms with van der Waals surface area (Å²) in [6, 6.07) is 4.08. The second kappa shape index (κ2) is 6.02. The Morgan fingerprint density at radius 2 is 2.30 bits per heavy atom. The molecule has 0 aliphatic heterocycles. The first kappa shape index (κ1) is 14.5. The van der Waals surface area contributed by atoms with Gasteiger partial charge >= 0.3 is 0 Å². The van der Waals surface area contributed by atoms with Gasteiger partial charge in [-0.2, -0.15) is 0 Å². The molecule has 0 saturated heterocycles. The number of nitrogens with one attached hydrogen (secondary N) is 1. The van der Waals surface area contributed by atoms with Gasteiger partial charge in [0.1, 0.15) is 11.4 Å². The quantitative estimate of drug-likeness (QED) is 0.873. The first-order valence-electron chi connectivity index (χ1n) is 6.16. The van der Waals surface area contributed by atoms with E-state index < -0.39 is 12.0 Å². The van der Waals surface area contributed by atoms with Crippen LogP contribution in [0.1, 0.15) is 16.1 Å². The van der Waals surface area contributed by atoms with Crippen LogP contribution in [0.2, 0.25) is 0 Å². The second-order valence-corrected chi connectivity index (χ2v) is 4.52. The number of furan rings is 1. The van der Waals surface area contributed by atoms with Crippen molar-refractivity contribution in [2.24, 2.45) is 0 Å². The summed E-state index contributed by atoms with van der Waals surface area (Å²) in [5.41, 5.74) is 1.02. The molecule has 1 unspecified atom stereocenters. The lowest BCUT2D eigenvalue weighted by Gasteiger charge is -2.09. The Bertz CT molecular complexity index is 623. The average molecular weight is 281 g/mol. The minimum atomic E-state index is -0.786. The van der Waals surface area contributed by atoms with Crippen molar-refractivity contribution in [3.63, 3.8) is 0 Å². The minimum absolute atomic E-state index is 0.0531. The molecule has 0 saturated carbocycles.